The van der Waals surface area contributed by atoms with Crippen molar-refractivity contribution in [2.75, 3.05) is 12.3 Å². The van der Waals surface area contributed by atoms with E-state index in [0.29, 0.717) is 12.2 Å². The van der Waals surface area contributed by atoms with E-state index >= 15 is 0 Å². The van der Waals surface area contributed by atoms with Crippen LogP contribution in [0.5, 0.6) is 0 Å². The molecule has 0 unspecified atom stereocenters. The number of imidazole rings is 1. The number of hydrogen-bond donors (Lipinski definition) is 2. The van der Waals surface area contributed by atoms with Crippen LogP contribution < -0.4 is 11.1 Å². The molecule has 5 nitrogen and oxygen atoms in total. The molecule has 2 aromatic rings. The molecule has 3 N–H and O–H groups in total. The van der Waals surface area contributed by atoms with E-state index in [1.54, 1.807) is 12.5 Å². The van der Waals surface area contributed by atoms with Crippen molar-refractivity contribution in [1.82, 2.24) is 14.9 Å². The highest BCUT2D eigenvalue weighted by Gasteiger charge is 2.10. The Bertz CT molecular complexity index is 569. The van der Waals surface area contributed by atoms with Crippen molar-refractivity contribution in [3.05, 3.63) is 48.3 Å². The van der Waals surface area contributed by atoms with Crippen molar-refractivity contribution in [3.8, 4) is 0 Å². The van der Waals surface area contributed by atoms with Crippen LogP contribution in [0.1, 0.15) is 23.2 Å². The Morgan fingerprint density at radius 1 is 1.40 bits per heavy atom. The summed E-state index contributed by atoms with van der Waals surface area (Å²) < 4.78 is 15.5. The molecule has 0 saturated heterocycles. The summed E-state index contributed by atoms with van der Waals surface area (Å²) in [5, 5.41) is 2.69. The second-order valence-corrected chi connectivity index (χ2v) is 4.50. The molecule has 0 radical (unpaired) electrons. The molecule has 0 aliphatic heterocycles. The molecular formula is C14H17FN4O. The molecule has 2 rings (SSSR count). The fourth-order valence-electron chi connectivity index (χ4n) is 1.85. The van der Waals surface area contributed by atoms with Gasteiger partial charge in [0.25, 0.3) is 5.91 Å². The van der Waals surface area contributed by atoms with Gasteiger partial charge in [-0.2, -0.15) is 0 Å². The zero-order valence-electron chi connectivity index (χ0n) is 11.1. The van der Waals surface area contributed by atoms with Gasteiger partial charge in [0, 0.05) is 31.2 Å². The third kappa shape index (κ3) is 3.81. The summed E-state index contributed by atoms with van der Waals surface area (Å²) in [4.78, 5) is 15.7. The number of halogens is 1. The first kappa shape index (κ1) is 14.0. The molecule has 0 saturated carbocycles. The van der Waals surface area contributed by atoms with Crippen molar-refractivity contribution in [2.45, 2.75) is 19.4 Å². The number of nitrogens with one attached hydrogen (secondary N) is 1. The molecule has 1 aromatic heterocycles. The van der Waals surface area contributed by atoms with Gasteiger partial charge in [0.2, 0.25) is 0 Å². The Morgan fingerprint density at radius 3 is 2.95 bits per heavy atom. The van der Waals surface area contributed by atoms with Crippen molar-refractivity contribution in [1.29, 1.82) is 0 Å². The predicted molar refractivity (Wildman–Crippen MR) is 74.6 cm³/mol. The summed E-state index contributed by atoms with van der Waals surface area (Å²) in [6.07, 6.45) is 7.11. The number of rotatable bonds is 6. The van der Waals surface area contributed by atoms with Crippen molar-refractivity contribution in [3.63, 3.8) is 0 Å². The molecule has 0 spiro atoms. The van der Waals surface area contributed by atoms with Gasteiger partial charge in [-0.3, -0.25) is 4.79 Å². The standard InChI is InChI=1S/C14H17FN4O/c15-13-9-11(16)3-4-12(13)14(20)18-5-1-2-7-19-8-6-17-10-19/h3-4,6,8-10H,1-2,5,7,16H2,(H,18,20). The van der Waals surface area contributed by atoms with Crippen LogP contribution >= 0.6 is 0 Å². The number of aryl methyl sites for hydroxylation is 1. The highest BCUT2D eigenvalue weighted by Crippen LogP contribution is 2.11. The van der Waals surface area contributed by atoms with Crippen LogP contribution in [0, 0.1) is 5.82 Å². The molecule has 1 aromatic carbocycles. The minimum atomic E-state index is -0.596. The second-order valence-electron chi connectivity index (χ2n) is 4.50. The van der Waals surface area contributed by atoms with Crippen LogP contribution in [-0.2, 0) is 6.54 Å². The smallest absolute Gasteiger partial charge is 0.254 e. The van der Waals surface area contributed by atoms with Gasteiger partial charge in [-0.15, -0.1) is 0 Å². The van der Waals surface area contributed by atoms with Gasteiger partial charge < -0.3 is 15.6 Å². The Hall–Kier alpha value is -2.37. The lowest BCUT2D eigenvalue weighted by Crippen LogP contribution is -2.25. The van der Waals surface area contributed by atoms with Gasteiger partial charge in [-0.05, 0) is 31.0 Å². The molecular weight excluding hydrogens is 259 g/mol. The summed E-state index contributed by atoms with van der Waals surface area (Å²) in [6.45, 7) is 1.36. The van der Waals surface area contributed by atoms with E-state index in [1.165, 1.54) is 12.1 Å². The number of hydrogen-bond acceptors (Lipinski definition) is 3. The van der Waals surface area contributed by atoms with Crippen molar-refractivity contribution >= 4 is 11.6 Å². The zero-order chi connectivity index (χ0) is 14.4. The van der Waals surface area contributed by atoms with E-state index in [1.807, 2.05) is 10.8 Å². The number of anilines is 1. The number of nitrogens with zero attached hydrogens (tertiary/aromatic N) is 2. The SMILES string of the molecule is Nc1ccc(C(=O)NCCCCn2ccnc2)c(F)c1. The van der Waals surface area contributed by atoms with Crippen LogP contribution in [0.15, 0.2) is 36.9 Å². The largest absolute Gasteiger partial charge is 0.399 e. The molecule has 1 amide bonds. The Balaban J connectivity index is 1.72. The first-order valence-electron chi connectivity index (χ1n) is 6.46. The number of nitrogens with two attached hydrogens (primary N) is 1. The average molecular weight is 276 g/mol. The first-order valence-corrected chi connectivity index (χ1v) is 6.46. The number of amides is 1. The average Bonchev–Trinajstić information content (AvgIpc) is 2.91. The lowest BCUT2D eigenvalue weighted by molar-refractivity contribution is 0.0949. The third-order valence-corrected chi connectivity index (χ3v) is 2.93. The van der Waals surface area contributed by atoms with Gasteiger partial charge in [-0.25, -0.2) is 9.37 Å². The van der Waals surface area contributed by atoms with E-state index in [9.17, 15) is 9.18 Å². The summed E-state index contributed by atoms with van der Waals surface area (Å²) in [7, 11) is 0. The van der Waals surface area contributed by atoms with Gasteiger partial charge in [0.05, 0.1) is 11.9 Å². The number of unbranched alkanes of at least 4 members (excludes halogenated alkanes) is 1. The fraction of sp³-hybridized carbons (Fsp3) is 0.286. The zero-order valence-corrected chi connectivity index (χ0v) is 11.1. The quantitative estimate of drug-likeness (QED) is 0.624. The minimum Gasteiger partial charge on any atom is -0.399 e. The van der Waals surface area contributed by atoms with Crippen LogP contribution in [0.2, 0.25) is 0 Å². The number of benzene rings is 1. The van der Waals surface area contributed by atoms with Crippen molar-refractivity contribution < 1.29 is 9.18 Å². The highest BCUT2D eigenvalue weighted by molar-refractivity contribution is 5.94. The van der Waals surface area contributed by atoms with Gasteiger partial charge in [0.1, 0.15) is 5.82 Å². The van der Waals surface area contributed by atoms with E-state index in [-0.39, 0.29) is 5.56 Å². The summed E-state index contributed by atoms with van der Waals surface area (Å²) in [5.74, 6) is -1.01. The lowest BCUT2D eigenvalue weighted by atomic mass is 10.2. The molecule has 0 atom stereocenters. The molecule has 0 aliphatic carbocycles. The number of aromatic nitrogens is 2. The number of carbonyl (C=O) groups is 1. The van der Waals surface area contributed by atoms with Gasteiger partial charge in [0.15, 0.2) is 0 Å². The molecule has 6 heteroatoms. The maximum atomic E-state index is 13.5. The van der Waals surface area contributed by atoms with Gasteiger partial charge in [-0.1, -0.05) is 0 Å². The summed E-state index contributed by atoms with van der Waals surface area (Å²) in [6, 6.07) is 4.05. The number of carbonyl (C=O) groups excluding carboxylic acids is 1. The van der Waals surface area contributed by atoms with Gasteiger partial charge >= 0.3 is 0 Å². The third-order valence-electron chi connectivity index (χ3n) is 2.93. The molecule has 0 aliphatic rings. The Labute approximate surface area is 116 Å². The lowest BCUT2D eigenvalue weighted by Gasteiger charge is -2.07. The monoisotopic (exact) mass is 276 g/mol. The first-order chi connectivity index (χ1) is 9.66. The van der Waals surface area contributed by atoms with Crippen molar-refractivity contribution in [2.24, 2.45) is 0 Å². The van der Waals surface area contributed by atoms with Crippen LogP contribution in [0.3, 0.4) is 0 Å². The van der Waals surface area contributed by atoms with E-state index < -0.39 is 11.7 Å². The van der Waals surface area contributed by atoms with E-state index in [4.69, 9.17) is 5.73 Å². The maximum absolute atomic E-state index is 13.5. The Morgan fingerprint density at radius 2 is 2.25 bits per heavy atom. The Kier molecular flexibility index (Phi) is 4.70. The molecule has 106 valence electrons. The maximum Gasteiger partial charge on any atom is 0.254 e. The molecule has 20 heavy (non-hydrogen) atoms. The molecule has 0 bridgehead atoms. The van der Waals surface area contributed by atoms with Crippen LogP contribution in [0.25, 0.3) is 0 Å². The van der Waals surface area contributed by atoms with E-state index in [0.717, 1.165) is 25.5 Å². The summed E-state index contributed by atoms with van der Waals surface area (Å²) in [5.41, 5.74) is 5.76. The highest BCUT2D eigenvalue weighted by atomic mass is 19.1. The molecule has 1 heterocycles. The van der Waals surface area contributed by atoms with E-state index in [2.05, 4.69) is 10.3 Å². The predicted octanol–water partition coefficient (Wildman–Crippen LogP) is 1.81. The normalized spacial score (nSPS) is 10.4. The van der Waals surface area contributed by atoms with Crippen LogP contribution in [-0.4, -0.2) is 22.0 Å². The topological polar surface area (TPSA) is 72.9 Å². The fourth-order valence-corrected chi connectivity index (χ4v) is 1.85. The second kappa shape index (κ2) is 6.70. The number of nitrogen functional groups attached to an aromatic ring is 1. The minimum absolute atomic E-state index is 0.0220. The molecule has 0 fully saturated rings. The van der Waals surface area contributed by atoms with Crippen LogP contribution in [0.4, 0.5) is 10.1 Å². The summed E-state index contributed by atoms with van der Waals surface area (Å²) >= 11 is 0.